The Morgan fingerprint density at radius 3 is 0.696 bits per heavy atom. The summed E-state index contributed by atoms with van der Waals surface area (Å²) in [6.45, 7) is 8.76. The van der Waals surface area contributed by atoms with Gasteiger partial charge >= 0.3 is 17.9 Å². The molecule has 9 heteroatoms. The first-order valence-electron chi connectivity index (χ1n) is 30.1. The second kappa shape index (κ2) is 51.2. The summed E-state index contributed by atoms with van der Waals surface area (Å²) in [6, 6.07) is 0. The van der Waals surface area contributed by atoms with E-state index in [1.54, 1.807) is 0 Å². The van der Waals surface area contributed by atoms with Crippen molar-refractivity contribution in [2.45, 2.75) is 341 Å². The van der Waals surface area contributed by atoms with E-state index >= 15 is 0 Å². The number of aliphatic hydroxyl groups excluding tert-OH is 3. The summed E-state index contributed by atoms with van der Waals surface area (Å²) >= 11 is 0. The molecule has 0 radical (unpaired) electrons. The van der Waals surface area contributed by atoms with Gasteiger partial charge in [0, 0.05) is 19.3 Å². The molecule has 0 saturated carbocycles. The number of rotatable bonds is 55. The Morgan fingerprint density at radius 1 is 0.304 bits per heavy atom. The minimum Gasteiger partial charge on any atom is -0.465 e. The van der Waals surface area contributed by atoms with Crippen LogP contribution in [0.1, 0.15) is 323 Å². The van der Waals surface area contributed by atoms with Crippen LogP contribution in [0.25, 0.3) is 0 Å². The molecule has 0 fully saturated rings. The van der Waals surface area contributed by atoms with E-state index in [9.17, 15) is 29.7 Å². The predicted molar refractivity (Wildman–Crippen MR) is 288 cm³/mol. The van der Waals surface area contributed by atoms with Gasteiger partial charge in [0.15, 0.2) is 0 Å². The molecule has 0 saturated heterocycles. The number of esters is 3. The molecular weight excluding hydrogens is 865 g/mol. The van der Waals surface area contributed by atoms with Crippen LogP contribution >= 0.6 is 0 Å². The van der Waals surface area contributed by atoms with Gasteiger partial charge in [0.25, 0.3) is 0 Å². The lowest BCUT2D eigenvalue weighted by molar-refractivity contribution is -0.162. The minimum atomic E-state index is -0.789. The average molecular weight is 982 g/mol. The van der Waals surface area contributed by atoms with Crippen molar-refractivity contribution in [2.24, 2.45) is 5.41 Å². The first kappa shape index (κ1) is 67.3. The molecule has 0 aliphatic carbocycles. The SMILES string of the molecule is CCCCCCC(O)CCCCCCCCCCC(=O)OCC(CC)(COC(=O)CCCCCCCCCCC(O)CCCCCC)COC(=O)CCCCCCCCCCC(O)CCCCCC. The van der Waals surface area contributed by atoms with Gasteiger partial charge < -0.3 is 29.5 Å². The minimum absolute atomic E-state index is 0.0478. The van der Waals surface area contributed by atoms with Crippen LogP contribution in [0.4, 0.5) is 0 Å². The van der Waals surface area contributed by atoms with Crippen LogP contribution in [0.15, 0.2) is 0 Å². The molecule has 0 aliphatic heterocycles. The van der Waals surface area contributed by atoms with Gasteiger partial charge in [-0.2, -0.15) is 0 Å². The van der Waals surface area contributed by atoms with Gasteiger partial charge in [0.1, 0.15) is 19.8 Å². The fourth-order valence-corrected chi connectivity index (χ4v) is 9.33. The smallest absolute Gasteiger partial charge is 0.305 e. The summed E-state index contributed by atoms with van der Waals surface area (Å²) in [5.41, 5.74) is -0.789. The molecule has 3 N–H and O–H groups in total. The highest BCUT2D eigenvalue weighted by Crippen LogP contribution is 2.26. The maximum atomic E-state index is 12.9. The number of aliphatic hydroxyl groups is 3. The molecule has 0 heterocycles. The average Bonchev–Trinajstić information content (AvgIpc) is 3.34. The molecule has 0 spiro atoms. The van der Waals surface area contributed by atoms with Gasteiger partial charge in [-0.1, -0.05) is 240 Å². The highest BCUT2D eigenvalue weighted by atomic mass is 16.6. The molecule has 69 heavy (non-hydrogen) atoms. The standard InChI is InChI=1S/C60H116O9/c1-5-9-12-33-42-54(61)45-36-27-21-15-18-24-30-39-48-57(64)67-51-60(8-4,52-68-58(65)49-40-31-25-19-16-22-28-37-46-55(62)43-34-13-10-6-2)53-69-59(66)50-41-32-26-20-17-23-29-38-47-56(63)44-35-14-11-7-3/h54-56,61-63H,5-53H2,1-4H3. The van der Waals surface area contributed by atoms with Crippen molar-refractivity contribution >= 4 is 17.9 Å². The lowest BCUT2D eigenvalue weighted by Crippen LogP contribution is -2.39. The van der Waals surface area contributed by atoms with Crippen molar-refractivity contribution in [3.8, 4) is 0 Å². The topological polar surface area (TPSA) is 140 Å². The van der Waals surface area contributed by atoms with Crippen molar-refractivity contribution in [3.05, 3.63) is 0 Å². The van der Waals surface area contributed by atoms with Crippen LogP contribution < -0.4 is 0 Å². The Balaban J connectivity index is 4.63. The molecule has 0 rings (SSSR count). The molecule has 410 valence electrons. The second-order valence-corrected chi connectivity index (χ2v) is 21.4. The van der Waals surface area contributed by atoms with Crippen molar-refractivity contribution in [1.29, 1.82) is 0 Å². The summed E-state index contributed by atoms with van der Waals surface area (Å²) in [5.74, 6) is -0.779. The largest absolute Gasteiger partial charge is 0.465 e. The van der Waals surface area contributed by atoms with Crippen LogP contribution in [-0.4, -0.2) is 71.4 Å². The monoisotopic (exact) mass is 981 g/mol. The summed E-state index contributed by atoms with van der Waals surface area (Å²) in [6.07, 6.45) is 47.2. The number of hydrogen-bond acceptors (Lipinski definition) is 9. The van der Waals surface area contributed by atoms with Gasteiger partial charge in [-0.3, -0.25) is 14.4 Å². The van der Waals surface area contributed by atoms with E-state index in [0.717, 1.165) is 154 Å². The Hall–Kier alpha value is -1.71. The van der Waals surface area contributed by atoms with E-state index < -0.39 is 5.41 Å². The number of unbranched alkanes of at least 4 members (excludes halogenated alkanes) is 30. The predicted octanol–water partition coefficient (Wildman–Crippen LogP) is 16.7. The quantitative estimate of drug-likeness (QED) is 0.0309. The molecule has 0 bridgehead atoms. The lowest BCUT2D eigenvalue weighted by Gasteiger charge is -2.31. The molecule has 0 amide bonds. The molecule has 0 aromatic carbocycles. The zero-order valence-electron chi connectivity index (χ0n) is 46.2. The normalized spacial score (nSPS) is 13.8. The molecule has 0 aliphatic rings. The highest BCUT2D eigenvalue weighted by molar-refractivity contribution is 5.70. The number of carbonyl (C=O) groups is 3. The second-order valence-electron chi connectivity index (χ2n) is 21.4. The first-order valence-corrected chi connectivity index (χ1v) is 30.1. The van der Waals surface area contributed by atoms with E-state index in [-0.39, 0.29) is 56.0 Å². The summed E-state index contributed by atoms with van der Waals surface area (Å²) in [4.78, 5) is 38.8. The maximum absolute atomic E-state index is 12.9. The fraction of sp³-hybridized carbons (Fsp3) is 0.950. The Bertz CT molecular complexity index is 983. The molecule has 0 aromatic rings. The first-order chi connectivity index (χ1) is 33.6. The summed E-state index contributed by atoms with van der Waals surface area (Å²) in [5, 5.41) is 30.6. The zero-order chi connectivity index (χ0) is 50.7. The number of ether oxygens (including phenoxy) is 3. The van der Waals surface area contributed by atoms with Crippen molar-refractivity contribution < 1.29 is 43.9 Å². The van der Waals surface area contributed by atoms with E-state index in [4.69, 9.17) is 14.2 Å². The van der Waals surface area contributed by atoms with E-state index in [0.29, 0.717) is 25.7 Å². The molecule has 3 unspecified atom stereocenters. The lowest BCUT2D eigenvalue weighted by atomic mass is 9.88. The molecular formula is C60H116O9. The van der Waals surface area contributed by atoms with Crippen LogP contribution in [0.2, 0.25) is 0 Å². The van der Waals surface area contributed by atoms with Gasteiger partial charge in [-0.15, -0.1) is 0 Å². The maximum Gasteiger partial charge on any atom is 0.305 e. The van der Waals surface area contributed by atoms with Gasteiger partial charge in [0.2, 0.25) is 0 Å². The van der Waals surface area contributed by atoms with Crippen LogP contribution in [0, 0.1) is 5.41 Å². The Kier molecular flexibility index (Phi) is 49.9. The highest BCUT2D eigenvalue weighted by Gasteiger charge is 2.34. The third-order valence-electron chi connectivity index (χ3n) is 14.5. The van der Waals surface area contributed by atoms with Crippen LogP contribution in [0.5, 0.6) is 0 Å². The van der Waals surface area contributed by atoms with E-state index in [2.05, 4.69) is 20.8 Å². The third kappa shape index (κ3) is 47.1. The summed E-state index contributed by atoms with van der Waals surface area (Å²) in [7, 11) is 0. The van der Waals surface area contributed by atoms with Gasteiger partial charge in [0.05, 0.1) is 23.7 Å². The Morgan fingerprint density at radius 2 is 0.493 bits per heavy atom. The van der Waals surface area contributed by atoms with Crippen LogP contribution in [0.3, 0.4) is 0 Å². The molecule has 3 atom stereocenters. The van der Waals surface area contributed by atoms with Gasteiger partial charge in [-0.05, 0) is 64.2 Å². The van der Waals surface area contributed by atoms with E-state index in [1.165, 1.54) is 116 Å². The van der Waals surface area contributed by atoms with Gasteiger partial charge in [-0.25, -0.2) is 0 Å². The third-order valence-corrected chi connectivity index (χ3v) is 14.5. The number of carbonyl (C=O) groups excluding carboxylic acids is 3. The number of hydrogen-bond donors (Lipinski definition) is 3. The molecule has 0 aromatic heterocycles. The van der Waals surface area contributed by atoms with Crippen molar-refractivity contribution in [2.75, 3.05) is 19.8 Å². The molecule has 9 nitrogen and oxygen atoms in total. The zero-order valence-corrected chi connectivity index (χ0v) is 46.2. The van der Waals surface area contributed by atoms with Crippen LogP contribution in [-0.2, 0) is 28.6 Å². The summed E-state index contributed by atoms with van der Waals surface area (Å²) < 4.78 is 17.4. The van der Waals surface area contributed by atoms with Crippen molar-refractivity contribution in [1.82, 2.24) is 0 Å². The fourth-order valence-electron chi connectivity index (χ4n) is 9.33. The van der Waals surface area contributed by atoms with E-state index in [1.807, 2.05) is 6.92 Å². The Labute approximate surface area is 426 Å². The van der Waals surface area contributed by atoms with Crippen molar-refractivity contribution in [3.63, 3.8) is 0 Å².